The Hall–Kier alpha value is -2.18. The van der Waals surface area contributed by atoms with Crippen molar-refractivity contribution in [3.8, 4) is 0 Å². The molecule has 3 rings (SSSR count). The summed E-state index contributed by atoms with van der Waals surface area (Å²) in [5.41, 5.74) is 7.50. The summed E-state index contributed by atoms with van der Waals surface area (Å²) in [5, 5.41) is 8.21. The molecule has 0 aromatic carbocycles. The summed E-state index contributed by atoms with van der Waals surface area (Å²) >= 11 is 0. The van der Waals surface area contributed by atoms with Gasteiger partial charge in [-0.15, -0.1) is 5.10 Å². The fourth-order valence-corrected chi connectivity index (χ4v) is 3.28. The van der Waals surface area contributed by atoms with Gasteiger partial charge < -0.3 is 10.7 Å². The van der Waals surface area contributed by atoms with Crippen LogP contribution in [0, 0.1) is 5.92 Å². The molecular formula is C16H24N6O. The zero-order valence-corrected chi connectivity index (χ0v) is 13.4. The zero-order chi connectivity index (χ0) is 16.1. The van der Waals surface area contributed by atoms with Gasteiger partial charge >= 0.3 is 0 Å². The van der Waals surface area contributed by atoms with Gasteiger partial charge in [-0.3, -0.25) is 4.79 Å². The van der Waals surface area contributed by atoms with E-state index in [4.69, 9.17) is 5.73 Å². The topological polar surface area (TPSA) is 102 Å². The molecule has 0 radical (unpaired) electrons. The molecule has 2 aromatic rings. The maximum atomic E-state index is 12.1. The van der Waals surface area contributed by atoms with E-state index in [0.717, 1.165) is 30.7 Å². The van der Waals surface area contributed by atoms with Gasteiger partial charge in [0.15, 0.2) is 11.7 Å². The van der Waals surface area contributed by atoms with Gasteiger partial charge in [0.25, 0.3) is 0 Å². The first kappa shape index (κ1) is 15.7. The highest BCUT2D eigenvalue weighted by Crippen LogP contribution is 2.27. The second-order valence-corrected chi connectivity index (χ2v) is 6.45. The van der Waals surface area contributed by atoms with Crippen LogP contribution < -0.4 is 5.73 Å². The van der Waals surface area contributed by atoms with E-state index in [1.54, 1.807) is 10.9 Å². The molecule has 1 aliphatic carbocycles. The van der Waals surface area contributed by atoms with Crippen LogP contribution in [0.25, 0.3) is 0 Å². The van der Waals surface area contributed by atoms with Gasteiger partial charge in [0.2, 0.25) is 0 Å². The van der Waals surface area contributed by atoms with Gasteiger partial charge in [0.05, 0.1) is 11.9 Å². The highest BCUT2D eigenvalue weighted by molar-refractivity contribution is 5.78. The minimum Gasteiger partial charge on any atom is -0.369 e. The molecule has 7 heteroatoms. The first-order valence-electron chi connectivity index (χ1n) is 8.39. The average Bonchev–Trinajstić information content (AvgIpc) is 3.23. The number of hydrogen-bond donors (Lipinski definition) is 2. The Bertz CT molecular complexity index is 641. The maximum Gasteiger partial charge on any atom is 0.197 e. The minimum atomic E-state index is 0.265. The van der Waals surface area contributed by atoms with Crippen LogP contribution in [0.1, 0.15) is 49.9 Å². The Morgan fingerprint density at radius 2 is 2.17 bits per heavy atom. The number of H-pyrrole nitrogens is 1. The van der Waals surface area contributed by atoms with Crippen molar-refractivity contribution in [3.63, 3.8) is 0 Å². The molecule has 1 fully saturated rings. The number of hydrogen-bond acceptors (Lipinski definition) is 5. The van der Waals surface area contributed by atoms with E-state index in [1.807, 2.05) is 6.20 Å². The molecule has 0 aliphatic heterocycles. The van der Waals surface area contributed by atoms with Crippen molar-refractivity contribution < 1.29 is 4.79 Å². The van der Waals surface area contributed by atoms with Crippen molar-refractivity contribution >= 4 is 11.7 Å². The van der Waals surface area contributed by atoms with Crippen molar-refractivity contribution in [1.82, 2.24) is 25.0 Å². The van der Waals surface area contributed by atoms with Crippen molar-refractivity contribution in [2.24, 2.45) is 5.92 Å². The van der Waals surface area contributed by atoms with E-state index in [1.165, 1.54) is 25.7 Å². The van der Waals surface area contributed by atoms with E-state index >= 15 is 0 Å². The monoisotopic (exact) mass is 316 g/mol. The van der Waals surface area contributed by atoms with E-state index in [2.05, 4.69) is 20.3 Å². The lowest BCUT2D eigenvalue weighted by atomic mass is 10.0. The van der Waals surface area contributed by atoms with Crippen LogP contribution in [0.3, 0.4) is 0 Å². The number of anilines is 1. The summed E-state index contributed by atoms with van der Waals surface area (Å²) in [6, 6.07) is 0. The number of nitrogen functional groups attached to an aromatic ring is 1. The van der Waals surface area contributed by atoms with Gasteiger partial charge in [0.1, 0.15) is 6.54 Å². The SMILES string of the molecule is Nc1ncc(CCCc2cn(CC(=O)CC3CCCC3)nn2)[nH]1. The molecule has 0 spiro atoms. The smallest absolute Gasteiger partial charge is 0.197 e. The number of carbonyl (C=O) groups excluding carboxylic acids is 1. The Balaban J connectivity index is 1.41. The van der Waals surface area contributed by atoms with Crippen LogP contribution in [-0.4, -0.2) is 30.7 Å². The van der Waals surface area contributed by atoms with Gasteiger partial charge in [0, 0.05) is 18.3 Å². The van der Waals surface area contributed by atoms with E-state index in [0.29, 0.717) is 24.8 Å². The number of carbonyl (C=O) groups is 1. The van der Waals surface area contributed by atoms with Gasteiger partial charge in [-0.2, -0.15) is 0 Å². The lowest BCUT2D eigenvalue weighted by Crippen LogP contribution is -2.13. The summed E-state index contributed by atoms with van der Waals surface area (Å²) in [5.74, 6) is 1.31. The normalized spacial score (nSPS) is 15.3. The van der Waals surface area contributed by atoms with Gasteiger partial charge in [-0.1, -0.05) is 30.9 Å². The highest BCUT2D eigenvalue weighted by atomic mass is 16.1. The lowest BCUT2D eigenvalue weighted by molar-refractivity contribution is -0.120. The zero-order valence-electron chi connectivity index (χ0n) is 13.4. The Labute approximate surface area is 135 Å². The molecule has 3 N–H and O–H groups in total. The predicted octanol–water partition coefficient (Wildman–Crippen LogP) is 1.91. The molecule has 23 heavy (non-hydrogen) atoms. The summed E-state index contributed by atoms with van der Waals surface area (Å²) < 4.78 is 1.67. The summed E-state index contributed by atoms with van der Waals surface area (Å²) in [7, 11) is 0. The average molecular weight is 316 g/mol. The van der Waals surface area contributed by atoms with Crippen LogP contribution in [0.2, 0.25) is 0 Å². The molecule has 0 amide bonds. The van der Waals surface area contributed by atoms with Gasteiger partial charge in [-0.05, 0) is 25.2 Å². The third-order valence-electron chi connectivity index (χ3n) is 4.44. The molecule has 2 aromatic heterocycles. The number of imidazole rings is 1. The van der Waals surface area contributed by atoms with E-state index in [9.17, 15) is 4.79 Å². The summed E-state index contributed by atoms with van der Waals surface area (Å²) in [6.45, 7) is 0.348. The molecule has 1 saturated carbocycles. The number of rotatable bonds is 8. The first-order chi connectivity index (χ1) is 11.2. The molecule has 2 heterocycles. The fourth-order valence-electron chi connectivity index (χ4n) is 3.28. The second kappa shape index (κ2) is 7.39. The number of Topliss-reactive ketones (excluding diaryl/α,β-unsaturated/α-hetero) is 1. The van der Waals surface area contributed by atoms with E-state index in [-0.39, 0.29) is 5.78 Å². The van der Waals surface area contributed by atoms with Crippen LogP contribution in [0.15, 0.2) is 12.4 Å². The summed E-state index contributed by atoms with van der Waals surface area (Å²) in [4.78, 5) is 19.0. The van der Waals surface area contributed by atoms with Crippen molar-refractivity contribution in [2.75, 3.05) is 5.73 Å². The number of aromatic amines is 1. The molecule has 0 atom stereocenters. The van der Waals surface area contributed by atoms with Gasteiger partial charge in [-0.25, -0.2) is 9.67 Å². The number of nitrogens with one attached hydrogen (secondary N) is 1. The third kappa shape index (κ3) is 4.64. The van der Waals surface area contributed by atoms with E-state index < -0.39 is 0 Å². The molecule has 0 saturated heterocycles. The molecule has 0 bridgehead atoms. The number of aromatic nitrogens is 5. The highest BCUT2D eigenvalue weighted by Gasteiger charge is 2.18. The number of aryl methyl sites for hydroxylation is 2. The van der Waals surface area contributed by atoms with Crippen molar-refractivity contribution in [3.05, 3.63) is 23.8 Å². The Morgan fingerprint density at radius 1 is 1.35 bits per heavy atom. The number of nitrogens with zero attached hydrogens (tertiary/aromatic N) is 4. The van der Waals surface area contributed by atoms with Crippen LogP contribution in [-0.2, 0) is 24.2 Å². The maximum absolute atomic E-state index is 12.1. The standard InChI is InChI=1S/C16H24N6O/c17-16-18-9-13(19-16)6-3-7-14-10-22(21-20-14)11-15(23)8-12-4-1-2-5-12/h9-10,12H,1-8,11H2,(H3,17,18,19). The van der Waals surface area contributed by atoms with Crippen molar-refractivity contribution in [1.29, 1.82) is 0 Å². The van der Waals surface area contributed by atoms with Crippen LogP contribution in [0.5, 0.6) is 0 Å². The van der Waals surface area contributed by atoms with Crippen LogP contribution in [0.4, 0.5) is 5.95 Å². The second-order valence-electron chi connectivity index (χ2n) is 6.45. The lowest BCUT2D eigenvalue weighted by Gasteiger charge is -2.06. The minimum absolute atomic E-state index is 0.265. The van der Waals surface area contributed by atoms with Crippen LogP contribution >= 0.6 is 0 Å². The molecule has 7 nitrogen and oxygen atoms in total. The third-order valence-corrected chi connectivity index (χ3v) is 4.44. The summed E-state index contributed by atoms with van der Waals surface area (Å²) in [6.07, 6.45) is 11.9. The Kier molecular flexibility index (Phi) is 5.05. The number of nitrogens with two attached hydrogens (primary N) is 1. The fraction of sp³-hybridized carbons (Fsp3) is 0.625. The quantitative estimate of drug-likeness (QED) is 0.774. The largest absolute Gasteiger partial charge is 0.369 e. The Morgan fingerprint density at radius 3 is 2.91 bits per heavy atom. The predicted molar refractivity (Wildman–Crippen MR) is 86.6 cm³/mol. The molecule has 1 aliphatic rings. The first-order valence-corrected chi connectivity index (χ1v) is 8.39. The van der Waals surface area contributed by atoms with Crippen molar-refractivity contribution in [2.45, 2.75) is 57.9 Å². The molecular weight excluding hydrogens is 292 g/mol. The number of ketones is 1. The molecule has 0 unspecified atom stereocenters. The molecule has 124 valence electrons.